The molecular weight excluding hydrogens is 314 g/mol. The molecule has 0 radical (unpaired) electrons. The molecule has 0 unspecified atom stereocenters. The van der Waals surface area contributed by atoms with E-state index in [-0.39, 0.29) is 11.8 Å². The van der Waals surface area contributed by atoms with Crippen LogP contribution in [0.4, 0.5) is 5.95 Å². The van der Waals surface area contributed by atoms with Gasteiger partial charge in [-0.2, -0.15) is 4.98 Å². The number of aromatic nitrogens is 3. The van der Waals surface area contributed by atoms with Crippen molar-refractivity contribution >= 4 is 17.5 Å². The fourth-order valence-electron chi connectivity index (χ4n) is 4.59. The number of nitrogens with zero attached hydrogens (tertiary/aromatic N) is 3. The normalized spacial score (nSPS) is 29.4. The van der Waals surface area contributed by atoms with Crippen molar-refractivity contribution in [3.05, 3.63) is 23.9 Å². The minimum Gasteiger partial charge on any atom is -0.316 e. The number of fused-ring (bicyclic) bond motifs is 1. The molecule has 3 heterocycles. The molecule has 0 aromatic carbocycles. The molecule has 5 rings (SSSR count). The van der Waals surface area contributed by atoms with Crippen molar-refractivity contribution in [1.82, 2.24) is 19.9 Å². The smallest absolute Gasteiger partial charge is 0.249 e. The number of pyridine rings is 1. The van der Waals surface area contributed by atoms with E-state index >= 15 is 0 Å². The standard InChI is InChI=1S/C19H25N5O/c25-17(14-4-5-14)22-18-21-16-3-1-2-15(24(16)23-18)13-6-8-19(9-7-13)10-11-20-12-19/h1-3,13-14,20H,4-12H2,(H,22,23,25). The highest BCUT2D eigenvalue weighted by atomic mass is 16.2. The van der Waals surface area contributed by atoms with E-state index in [9.17, 15) is 4.79 Å². The molecule has 2 N–H and O–H groups in total. The van der Waals surface area contributed by atoms with Crippen LogP contribution in [-0.4, -0.2) is 33.6 Å². The monoisotopic (exact) mass is 339 g/mol. The molecule has 2 aromatic rings. The van der Waals surface area contributed by atoms with Crippen molar-refractivity contribution < 1.29 is 4.79 Å². The Bertz CT molecular complexity index is 793. The molecule has 0 bridgehead atoms. The minimum absolute atomic E-state index is 0.0609. The van der Waals surface area contributed by atoms with E-state index in [2.05, 4.69) is 32.8 Å². The first kappa shape index (κ1) is 15.3. The number of nitrogens with one attached hydrogen (secondary N) is 2. The van der Waals surface area contributed by atoms with E-state index < -0.39 is 0 Å². The van der Waals surface area contributed by atoms with E-state index in [1.165, 1.54) is 50.9 Å². The van der Waals surface area contributed by atoms with E-state index in [1.807, 2.05) is 10.6 Å². The van der Waals surface area contributed by atoms with Gasteiger partial charge in [0.1, 0.15) is 0 Å². The summed E-state index contributed by atoms with van der Waals surface area (Å²) in [5, 5.41) is 11.0. The molecular formula is C19H25N5O. The maximum Gasteiger partial charge on any atom is 0.249 e. The SMILES string of the molecule is O=C(Nc1nc2cccc(C3CCC4(CCNC4)CC3)n2n1)C1CC1. The van der Waals surface area contributed by atoms with Crippen molar-refractivity contribution in [3.8, 4) is 0 Å². The topological polar surface area (TPSA) is 71.3 Å². The Morgan fingerprint density at radius 1 is 1.20 bits per heavy atom. The van der Waals surface area contributed by atoms with Crippen LogP contribution in [0.25, 0.3) is 5.65 Å². The average molecular weight is 339 g/mol. The summed E-state index contributed by atoms with van der Waals surface area (Å²) in [5.41, 5.74) is 2.60. The second-order valence-electron chi connectivity index (χ2n) is 8.12. The van der Waals surface area contributed by atoms with Gasteiger partial charge in [-0.25, -0.2) is 4.52 Å². The Labute approximate surface area is 147 Å². The lowest BCUT2D eigenvalue weighted by atomic mass is 9.69. The molecule has 6 heteroatoms. The second kappa shape index (κ2) is 5.80. The highest BCUT2D eigenvalue weighted by molar-refractivity contribution is 5.92. The number of carbonyl (C=O) groups is 1. The largest absolute Gasteiger partial charge is 0.316 e. The van der Waals surface area contributed by atoms with Gasteiger partial charge < -0.3 is 5.32 Å². The van der Waals surface area contributed by atoms with Crippen molar-refractivity contribution in [2.75, 3.05) is 18.4 Å². The minimum atomic E-state index is 0.0609. The van der Waals surface area contributed by atoms with Gasteiger partial charge in [0.25, 0.3) is 0 Å². The van der Waals surface area contributed by atoms with Gasteiger partial charge >= 0.3 is 0 Å². The summed E-state index contributed by atoms with van der Waals surface area (Å²) in [6.45, 7) is 2.36. The van der Waals surface area contributed by atoms with Gasteiger partial charge in [-0.05, 0) is 69.0 Å². The quantitative estimate of drug-likeness (QED) is 0.902. The zero-order valence-corrected chi connectivity index (χ0v) is 14.5. The molecule has 3 aliphatic rings. The zero-order chi connectivity index (χ0) is 16.9. The van der Waals surface area contributed by atoms with Crippen LogP contribution in [-0.2, 0) is 4.79 Å². The predicted octanol–water partition coefficient (Wildman–Crippen LogP) is 2.72. The van der Waals surface area contributed by atoms with Gasteiger partial charge in [0.05, 0.1) is 0 Å². The van der Waals surface area contributed by atoms with Gasteiger partial charge in [0, 0.05) is 24.1 Å². The van der Waals surface area contributed by atoms with Crippen LogP contribution in [0.5, 0.6) is 0 Å². The maximum atomic E-state index is 12.0. The van der Waals surface area contributed by atoms with Crippen LogP contribution in [0.2, 0.25) is 0 Å². The van der Waals surface area contributed by atoms with E-state index in [4.69, 9.17) is 0 Å². The number of amides is 1. The molecule has 6 nitrogen and oxygen atoms in total. The van der Waals surface area contributed by atoms with E-state index in [0.717, 1.165) is 18.5 Å². The van der Waals surface area contributed by atoms with Crippen LogP contribution < -0.4 is 10.6 Å². The second-order valence-corrected chi connectivity index (χ2v) is 8.12. The Hall–Kier alpha value is -1.95. The fourth-order valence-corrected chi connectivity index (χ4v) is 4.59. The van der Waals surface area contributed by atoms with Crippen molar-refractivity contribution in [2.24, 2.45) is 11.3 Å². The van der Waals surface area contributed by atoms with Gasteiger partial charge in [0.2, 0.25) is 11.9 Å². The third kappa shape index (κ3) is 2.82. The molecule has 2 saturated carbocycles. The van der Waals surface area contributed by atoms with Crippen LogP contribution in [0.15, 0.2) is 18.2 Å². The van der Waals surface area contributed by atoms with Gasteiger partial charge in [-0.3, -0.25) is 10.1 Å². The molecule has 1 saturated heterocycles. The summed E-state index contributed by atoms with van der Waals surface area (Å²) in [5.74, 6) is 1.20. The summed E-state index contributed by atoms with van der Waals surface area (Å²) in [7, 11) is 0. The third-order valence-corrected chi connectivity index (χ3v) is 6.37. The average Bonchev–Trinajstić information content (AvgIpc) is 3.26. The first-order valence-electron chi connectivity index (χ1n) is 9.60. The molecule has 2 aromatic heterocycles. The van der Waals surface area contributed by atoms with Crippen LogP contribution in [0, 0.1) is 11.3 Å². The summed E-state index contributed by atoms with van der Waals surface area (Å²) in [4.78, 5) is 16.5. The van der Waals surface area contributed by atoms with E-state index in [1.54, 1.807) is 0 Å². The number of hydrogen-bond acceptors (Lipinski definition) is 4. The molecule has 1 amide bonds. The maximum absolute atomic E-state index is 12.0. The Morgan fingerprint density at radius 2 is 2.04 bits per heavy atom. The molecule has 1 spiro atoms. The Morgan fingerprint density at radius 3 is 2.76 bits per heavy atom. The van der Waals surface area contributed by atoms with Gasteiger partial charge in [-0.15, -0.1) is 5.10 Å². The highest BCUT2D eigenvalue weighted by Crippen LogP contribution is 2.46. The summed E-state index contributed by atoms with van der Waals surface area (Å²) >= 11 is 0. The third-order valence-electron chi connectivity index (χ3n) is 6.37. The van der Waals surface area contributed by atoms with Crippen LogP contribution >= 0.6 is 0 Å². The van der Waals surface area contributed by atoms with Gasteiger partial charge in [-0.1, -0.05) is 6.07 Å². The zero-order valence-electron chi connectivity index (χ0n) is 14.5. The molecule has 1 aliphatic heterocycles. The summed E-state index contributed by atoms with van der Waals surface area (Å²) < 4.78 is 1.94. The lowest BCUT2D eigenvalue weighted by molar-refractivity contribution is -0.117. The Kier molecular flexibility index (Phi) is 3.55. The van der Waals surface area contributed by atoms with Crippen LogP contribution in [0.1, 0.15) is 56.6 Å². The summed E-state index contributed by atoms with van der Waals surface area (Å²) in [6.07, 6.45) is 8.31. The van der Waals surface area contributed by atoms with E-state index in [0.29, 0.717) is 17.3 Å². The Balaban J connectivity index is 1.37. The molecule has 3 fully saturated rings. The van der Waals surface area contributed by atoms with Gasteiger partial charge in [0.15, 0.2) is 5.65 Å². The molecule has 132 valence electrons. The number of hydrogen-bond donors (Lipinski definition) is 2. The van der Waals surface area contributed by atoms with Crippen molar-refractivity contribution in [2.45, 2.75) is 50.9 Å². The predicted molar refractivity (Wildman–Crippen MR) is 95.5 cm³/mol. The molecule has 0 atom stereocenters. The first-order chi connectivity index (χ1) is 12.2. The number of anilines is 1. The first-order valence-corrected chi connectivity index (χ1v) is 9.60. The molecule has 2 aliphatic carbocycles. The van der Waals surface area contributed by atoms with Crippen molar-refractivity contribution in [3.63, 3.8) is 0 Å². The lowest BCUT2D eigenvalue weighted by Gasteiger charge is -2.36. The number of rotatable bonds is 3. The van der Waals surface area contributed by atoms with Crippen molar-refractivity contribution in [1.29, 1.82) is 0 Å². The van der Waals surface area contributed by atoms with Crippen LogP contribution in [0.3, 0.4) is 0 Å². The highest BCUT2D eigenvalue weighted by Gasteiger charge is 2.38. The number of carbonyl (C=O) groups excluding carboxylic acids is 1. The lowest BCUT2D eigenvalue weighted by Crippen LogP contribution is -2.29. The fraction of sp³-hybridized carbons (Fsp3) is 0.632. The molecule has 25 heavy (non-hydrogen) atoms. The summed E-state index contributed by atoms with van der Waals surface area (Å²) in [6, 6.07) is 6.20.